The fourth-order valence-electron chi connectivity index (χ4n) is 2.53. The van der Waals surface area contributed by atoms with Crippen molar-refractivity contribution in [1.29, 1.82) is 0 Å². The first kappa shape index (κ1) is 14.4. The monoisotopic (exact) mass is 314 g/mol. The van der Waals surface area contributed by atoms with Gasteiger partial charge in [-0.1, -0.05) is 0 Å². The van der Waals surface area contributed by atoms with Gasteiger partial charge in [0.25, 0.3) is 0 Å². The second-order valence-electron chi connectivity index (χ2n) is 6.57. The van der Waals surface area contributed by atoms with E-state index in [-0.39, 0.29) is 0 Å². The summed E-state index contributed by atoms with van der Waals surface area (Å²) < 4.78 is 1.65. The maximum absolute atomic E-state index is 2.48. The summed E-state index contributed by atoms with van der Waals surface area (Å²) in [6.07, 6.45) is 0. The molecule has 19 heavy (non-hydrogen) atoms. The molecule has 0 aromatic heterocycles. The third kappa shape index (κ3) is 3.30. The average molecular weight is 313 g/mol. The molecule has 0 aliphatic carbocycles. The molecule has 1 heteroatoms. The van der Waals surface area contributed by atoms with E-state index >= 15 is 0 Å². The van der Waals surface area contributed by atoms with Crippen molar-refractivity contribution in [1.82, 2.24) is 0 Å². The summed E-state index contributed by atoms with van der Waals surface area (Å²) in [6.45, 7) is 4.61. The van der Waals surface area contributed by atoms with E-state index in [0.717, 1.165) is 0 Å². The molecule has 2 aromatic carbocycles. The van der Waals surface area contributed by atoms with Gasteiger partial charge in [-0.15, -0.1) is 0 Å². The summed E-state index contributed by atoms with van der Waals surface area (Å²) in [5.41, 5.74) is 4.21. The van der Waals surface area contributed by atoms with Crippen LogP contribution < -0.4 is 4.40 Å². The molecule has 0 fully saturated rings. The second-order valence-corrected chi connectivity index (χ2v) is 17.1. The Kier molecular flexibility index (Phi) is 4.20. The summed E-state index contributed by atoms with van der Waals surface area (Å²) in [4.78, 5) is 0. The second kappa shape index (κ2) is 5.54. The standard InChI is InChI=1S/C18H24Ge/c1-14(2)17-13-16(15-9-7-6-8-10-15)11-12-18(17)19(3,4)5/h6-14H,1-5H3. The molecular formula is C18H24Ge. The van der Waals surface area contributed by atoms with E-state index in [0.29, 0.717) is 5.92 Å². The molecule has 2 aromatic rings. The van der Waals surface area contributed by atoms with Gasteiger partial charge in [0, 0.05) is 0 Å². The van der Waals surface area contributed by atoms with Gasteiger partial charge < -0.3 is 0 Å². The van der Waals surface area contributed by atoms with Gasteiger partial charge in [0.15, 0.2) is 0 Å². The van der Waals surface area contributed by atoms with Gasteiger partial charge in [0.1, 0.15) is 0 Å². The van der Waals surface area contributed by atoms with Crippen molar-refractivity contribution in [3.8, 4) is 11.1 Å². The van der Waals surface area contributed by atoms with Crippen LogP contribution in [0, 0.1) is 0 Å². The summed E-state index contributed by atoms with van der Waals surface area (Å²) in [5.74, 6) is 8.03. The van der Waals surface area contributed by atoms with Crippen molar-refractivity contribution in [3.05, 3.63) is 54.1 Å². The third-order valence-corrected chi connectivity index (χ3v) is 7.93. The van der Waals surface area contributed by atoms with Gasteiger partial charge in [0.05, 0.1) is 0 Å². The predicted octanol–water partition coefficient (Wildman–Crippen LogP) is 5.02. The Morgan fingerprint density at radius 2 is 1.42 bits per heavy atom. The van der Waals surface area contributed by atoms with E-state index in [1.165, 1.54) is 11.1 Å². The molecule has 0 N–H and O–H groups in total. The number of rotatable bonds is 3. The zero-order valence-electron chi connectivity index (χ0n) is 12.7. The van der Waals surface area contributed by atoms with Gasteiger partial charge in [-0.25, -0.2) is 0 Å². The molecule has 0 radical (unpaired) electrons. The van der Waals surface area contributed by atoms with E-state index in [4.69, 9.17) is 0 Å². The first-order valence-electron chi connectivity index (χ1n) is 7.09. The van der Waals surface area contributed by atoms with E-state index in [1.807, 2.05) is 0 Å². The van der Waals surface area contributed by atoms with Crippen molar-refractivity contribution in [2.45, 2.75) is 37.0 Å². The molecule has 0 saturated heterocycles. The summed E-state index contributed by atoms with van der Waals surface area (Å²) in [5, 5.41) is 0. The summed E-state index contributed by atoms with van der Waals surface area (Å²) in [7, 11) is 0. The van der Waals surface area contributed by atoms with Crippen LogP contribution in [0.3, 0.4) is 0 Å². The van der Waals surface area contributed by atoms with Crippen LogP contribution in [0.1, 0.15) is 25.3 Å². The summed E-state index contributed by atoms with van der Waals surface area (Å²) in [6, 6.07) is 17.8. The van der Waals surface area contributed by atoms with Crippen LogP contribution in [0.4, 0.5) is 0 Å². The van der Waals surface area contributed by atoms with Gasteiger partial charge in [-0.2, -0.15) is 0 Å². The van der Waals surface area contributed by atoms with Crippen molar-refractivity contribution >= 4 is 17.7 Å². The molecule has 0 unspecified atom stereocenters. The van der Waals surface area contributed by atoms with Crippen LogP contribution in [-0.4, -0.2) is 13.3 Å². The number of hydrogen-bond acceptors (Lipinski definition) is 0. The molecule has 0 saturated carbocycles. The Hall–Kier alpha value is -1.02. The molecule has 100 valence electrons. The summed E-state index contributed by atoms with van der Waals surface area (Å²) >= 11 is -1.78. The first-order chi connectivity index (χ1) is 8.89. The van der Waals surface area contributed by atoms with Gasteiger partial charge in [-0.05, 0) is 0 Å². The molecule has 0 aliphatic heterocycles. The minimum absolute atomic E-state index is 0.600. The number of benzene rings is 2. The number of hydrogen-bond donors (Lipinski definition) is 0. The van der Waals surface area contributed by atoms with Crippen molar-refractivity contribution < 1.29 is 0 Å². The van der Waals surface area contributed by atoms with Crippen molar-refractivity contribution in [2.75, 3.05) is 0 Å². The molecule has 0 heterocycles. The average Bonchev–Trinajstić information content (AvgIpc) is 2.38. The van der Waals surface area contributed by atoms with Crippen LogP contribution in [0.25, 0.3) is 11.1 Å². The maximum atomic E-state index is 2.48. The van der Waals surface area contributed by atoms with Crippen LogP contribution >= 0.6 is 0 Å². The molecule has 2 rings (SSSR count). The minimum atomic E-state index is -1.78. The molecular weight excluding hydrogens is 289 g/mol. The topological polar surface area (TPSA) is 0 Å². The van der Waals surface area contributed by atoms with E-state index in [1.54, 1.807) is 9.96 Å². The van der Waals surface area contributed by atoms with Crippen molar-refractivity contribution in [3.63, 3.8) is 0 Å². The van der Waals surface area contributed by atoms with Crippen LogP contribution in [0.2, 0.25) is 17.3 Å². The van der Waals surface area contributed by atoms with E-state index in [9.17, 15) is 0 Å². The molecule has 0 bridgehead atoms. The van der Waals surface area contributed by atoms with E-state index in [2.05, 4.69) is 79.6 Å². The van der Waals surface area contributed by atoms with E-state index < -0.39 is 13.3 Å². The molecule has 0 nitrogen and oxygen atoms in total. The predicted molar refractivity (Wildman–Crippen MR) is 88.9 cm³/mol. The van der Waals surface area contributed by atoms with Crippen molar-refractivity contribution in [2.24, 2.45) is 0 Å². The zero-order valence-corrected chi connectivity index (χ0v) is 14.8. The molecule has 0 amide bonds. The Morgan fingerprint density at radius 1 is 0.789 bits per heavy atom. The zero-order chi connectivity index (χ0) is 14.0. The molecule has 0 spiro atoms. The first-order valence-corrected chi connectivity index (χ1v) is 14.4. The van der Waals surface area contributed by atoms with Crippen LogP contribution in [0.5, 0.6) is 0 Å². The fraction of sp³-hybridized carbons (Fsp3) is 0.333. The van der Waals surface area contributed by atoms with Gasteiger partial charge in [0.2, 0.25) is 0 Å². The van der Waals surface area contributed by atoms with Gasteiger partial charge in [-0.3, -0.25) is 0 Å². The van der Waals surface area contributed by atoms with Crippen LogP contribution in [0.15, 0.2) is 48.5 Å². The fourth-order valence-corrected chi connectivity index (χ4v) is 6.33. The molecule has 0 aliphatic rings. The SMILES string of the molecule is CC(C)c1cc(-c2ccccc2)cc[c]1[Ge]([CH3])([CH3])[CH3]. The normalized spacial score (nSPS) is 11.9. The Balaban J connectivity index is 2.55. The molecule has 0 atom stereocenters. The quantitative estimate of drug-likeness (QED) is 0.698. The Morgan fingerprint density at radius 3 is 1.95 bits per heavy atom. The third-order valence-electron chi connectivity index (χ3n) is 3.59. The van der Waals surface area contributed by atoms with Gasteiger partial charge >= 0.3 is 120 Å². The van der Waals surface area contributed by atoms with Crippen LogP contribution in [-0.2, 0) is 0 Å². The Labute approximate surface area is 120 Å². The Bertz CT molecular complexity index is 548.